The van der Waals surface area contributed by atoms with Crippen LogP contribution in [0.3, 0.4) is 0 Å². The Morgan fingerprint density at radius 1 is 1.19 bits per heavy atom. The standard InChI is InChI=1S/C23H30N2O2/c1-16-7-8-20(14-17(16)2)18(3)24-23(26)15-25-13-5-6-22(25)19-9-11-21(27-4)12-10-19/h7-12,14,18,22H,5-6,13,15H2,1-4H3,(H,24,26)/t18-,22-/m1/s1. The van der Waals surface area contributed by atoms with E-state index < -0.39 is 0 Å². The number of methoxy groups -OCH3 is 1. The molecule has 1 amide bonds. The first-order valence-electron chi connectivity index (χ1n) is 9.72. The molecule has 0 aromatic heterocycles. The third-order valence-corrected chi connectivity index (χ3v) is 5.62. The van der Waals surface area contributed by atoms with E-state index in [0.717, 1.165) is 30.7 Å². The number of likely N-dealkylation sites (tertiary alicyclic amines) is 1. The Morgan fingerprint density at radius 3 is 2.59 bits per heavy atom. The van der Waals surface area contributed by atoms with Gasteiger partial charge in [-0.25, -0.2) is 0 Å². The zero-order valence-electron chi connectivity index (χ0n) is 16.8. The molecule has 0 bridgehead atoms. The first-order valence-corrected chi connectivity index (χ1v) is 9.72. The number of ether oxygens (including phenoxy) is 1. The Kier molecular flexibility index (Phi) is 6.17. The minimum Gasteiger partial charge on any atom is -0.497 e. The molecule has 1 saturated heterocycles. The number of amides is 1. The van der Waals surface area contributed by atoms with Crippen molar-refractivity contribution >= 4 is 5.91 Å². The zero-order chi connectivity index (χ0) is 19.4. The summed E-state index contributed by atoms with van der Waals surface area (Å²) in [7, 11) is 1.68. The summed E-state index contributed by atoms with van der Waals surface area (Å²) in [5.74, 6) is 0.949. The number of carbonyl (C=O) groups excluding carboxylic acids is 1. The van der Waals surface area contributed by atoms with Crippen LogP contribution in [0.4, 0.5) is 0 Å². The molecule has 0 spiro atoms. The molecule has 0 aliphatic carbocycles. The van der Waals surface area contributed by atoms with E-state index in [9.17, 15) is 4.79 Å². The van der Waals surface area contributed by atoms with Gasteiger partial charge >= 0.3 is 0 Å². The molecule has 3 rings (SSSR count). The van der Waals surface area contributed by atoms with Crippen molar-refractivity contribution in [3.8, 4) is 5.75 Å². The average Bonchev–Trinajstić information content (AvgIpc) is 3.11. The molecular weight excluding hydrogens is 336 g/mol. The molecule has 2 aromatic rings. The maximum absolute atomic E-state index is 12.6. The van der Waals surface area contributed by atoms with Crippen LogP contribution in [0.15, 0.2) is 42.5 Å². The molecule has 2 aromatic carbocycles. The van der Waals surface area contributed by atoms with Crippen molar-refractivity contribution < 1.29 is 9.53 Å². The van der Waals surface area contributed by atoms with Crippen molar-refractivity contribution in [1.29, 1.82) is 0 Å². The fourth-order valence-electron chi connectivity index (χ4n) is 3.81. The lowest BCUT2D eigenvalue weighted by Crippen LogP contribution is -2.38. The van der Waals surface area contributed by atoms with Gasteiger partial charge in [0.1, 0.15) is 5.75 Å². The maximum atomic E-state index is 12.6. The smallest absolute Gasteiger partial charge is 0.234 e. The minimum absolute atomic E-state index is 0.0128. The summed E-state index contributed by atoms with van der Waals surface area (Å²) in [6.07, 6.45) is 2.21. The number of hydrogen-bond acceptors (Lipinski definition) is 3. The van der Waals surface area contributed by atoms with Crippen LogP contribution in [0.25, 0.3) is 0 Å². The van der Waals surface area contributed by atoms with Gasteiger partial charge in [0.25, 0.3) is 0 Å². The number of carbonyl (C=O) groups is 1. The van der Waals surface area contributed by atoms with Crippen molar-refractivity contribution in [2.75, 3.05) is 20.2 Å². The van der Waals surface area contributed by atoms with Gasteiger partial charge in [-0.05, 0) is 74.5 Å². The summed E-state index contributed by atoms with van der Waals surface area (Å²) >= 11 is 0. The van der Waals surface area contributed by atoms with Crippen LogP contribution in [0.2, 0.25) is 0 Å². The lowest BCUT2D eigenvalue weighted by molar-refractivity contribution is -0.123. The molecule has 1 fully saturated rings. The van der Waals surface area contributed by atoms with Crippen molar-refractivity contribution in [3.05, 3.63) is 64.7 Å². The molecule has 144 valence electrons. The molecule has 0 saturated carbocycles. The van der Waals surface area contributed by atoms with Gasteiger partial charge in [-0.3, -0.25) is 9.69 Å². The molecule has 1 N–H and O–H groups in total. The summed E-state index contributed by atoms with van der Waals surface area (Å²) in [5, 5.41) is 3.16. The quantitative estimate of drug-likeness (QED) is 0.827. The fraction of sp³-hybridized carbons (Fsp3) is 0.435. The van der Waals surface area contributed by atoms with Crippen LogP contribution in [0, 0.1) is 13.8 Å². The Balaban J connectivity index is 1.61. The predicted octanol–water partition coefficient (Wildman–Crippen LogP) is 4.33. The molecule has 27 heavy (non-hydrogen) atoms. The Morgan fingerprint density at radius 2 is 1.93 bits per heavy atom. The van der Waals surface area contributed by atoms with Gasteiger partial charge in [0.05, 0.1) is 19.7 Å². The maximum Gasteiger partial charge on any atom is 0.234 e. The van der Waals surface area contributed by atoms with Gasteiger partial charge in [-0.1, -0.05) is 30.3 Å². The van der Waals surface area contributed by atoms with Crippen LogP contribution < -0.4 is 10.1 Å². The molecule has 4 nitrogen and oxygen atoms in total. The van der Waals surface area contributed by atoms with Gasteiger partial charge in [0, 0.05) is 6.04 Å². The average molecular weight is 367 g/mol. The third kappa shape index (κ3) is 4.69. The lowest BCUT2D eigenvalue weighted by atomic mass is 10.0. The molecule has 4 heteroatoms. The number of hydrogen-bond donors (Lipinski definition) is 1. The first-order chi connectivity index (χ1) is 13.0. The fourth-order valence-corrected chi connectivity index (χ4v) is 3.81. The van der Waals surface area contributed by atoms with Crippen LogP contribution >= 0.6 is 0 Å². The lowest BCUT2D eigenvalue weighted by Gasteiger charge is -2.25. The van der Waals surface area contributed by atoms with E-state index in [4.69, 9.17) is 4.74 Å². The predicted molar refractivity (Wildman–Crippen MR) is 109 cm³/mol. The number of nitrogens with zero attached hydrogens (tertiary/aromatic N) is 1. The second-order valence-corrected chi connectivity index (χ2v) is 7.53. The van der Waals surface area contributed by atoms with Gasteiger partial charge in [-0.15, -0.1) is 0 Å². The van der Waals surface area contributed by atoms with Crippen molar-refractivity contribution in [2.45, 2.75) is 45.7 Å². The van der Waals surface area contributed by atoms with E-state index in [0.29, 0.717) is 12.6 Å². The molecule has 2 atom stereocenters. The Bertz CT molecular complexity index is 785. The van der Waals surface area contributed by atoms with E-state index in [1.54, 1.807) is 7.11 Å². The highest BCUT2D eigenvalue weighted by atomic mass is 16.5. The monoisotopic (exact) mass is 366 g/mol. The minimum atomic E-state index is 0.0128. The van der Waals surface area contributed by atoms with E-state index in [1.807, 2.05) is 19.1 Å². The topological polar surface area (TPSA) is 41.6 Å². The van der Waals surface area contributed by atoms with Crippen LogP contribution in [0.5, 0.6) is 5.75 Å². The number of aryl methyl sites for hydroxylation is 2. The SMILES string of the molecule is COc1ccc([C@H]2CCCN2CC(=O)N[C@H](C)c2ccc(C)c(C)c2)cc1. The normalized spacial score (nSPS) is 18.3. The third-order valence-electron chi connectivity index (χ3n) is 5.62. The summed E-state index contributed by atoms with van der Waals surface area (Å²) < 4.78 is 5.25. The van der Waals surface area contributed by atoms with Crippen molar-refractivity contribution in [3.63, 3.8) is 0 Å². The summed E-state index contributed by atoms with van der Waals surface area (Å²) in [6, 6.07) is 14.9. The molecule has 0 unspecified atom stereocenters. The van der Waals surface area contributed by atoms with E-state index >= 15 is 0 Å². The van der Waals surface area contributed by atoms with Crippen molar-refractivity contribution in [1.82, 2.24) is 10.2 Å². The summed E-state index contributed by atoms with van der Waals surface area (Å²) in [6.45, 7) is 7.66. The summed E-state index contributed by atoms with van der Waals surface area (Å²) in [5.41, 5.74) is 4.94. The second kappa shape index (κ2) is 8.57. The highest BCUT2D eigenvalue weighted by Gasteiger charge is 2.27. The van der Waals surface area contributed by atoms with Crippen LogP contribution in [-0.2, 0) is 4.79 Å². The van der Waals surface area contributed by atoms with Gasteiger partial charge < -0.3 is 10.1 Å². The van der Waals surface area contributed by atoms with E-state index in [1.165, 1.54) is 16.7 Å². The molecule has 1 heterocycles. The number of rotatable bonds is 6. The highest BCUT2D eigenvalue weighted by molar-refractivity contribution is 5.78. The Labute approximate surface area is 162 Å². The first kappa shape index (κ1) is 19.4. The van der Waals surface area contributed by atoms with Gasteiger partial charge in [-0.2, -0.15) is 0 Å². The van der Waals surface area contributed by atoms with Crippen molar-refractivity contribution in [2.24, 2.45) is 0 Å². The zero-order valence-corrected chi connectivity index (χ0v) is 16.8. The van der Waals surface area contributed by atoms with Gasteiger partial charge in [0.15, 0.2) is 0 Å². The molecule has 0 radical (unpaired) electrons. The van der Waals surface area contributed by atoms with E-state index in [-0.39, 0.29) is 11.9 Å². The molecule has 1 aliphatic heterocycles. The number of benzene rings is 2. The molecular formula is C23H30N2O2. The number of nitrogens with one attached hydrogen (secondary N) is 1. The van der Waals surface area contributed by atoms with Gasteiger partial charge in [0.2, 0.25) is 5.91 Å². The van der Waals surface area contributed by atoms with E-state index in [2.05, 4.69) is 54.4 Å². The molecule has 1 aliphatic rings. The van der Waals surface area contributed by atoms with Crippen LogP contribution in [0.1, 0.15) is 54.1 Å². The largest absolute Gasteiger partial charge is 0.497 e. The Hall–Kier alpha value is -2.33. The highest BCUT2D eigenvalue weighted by Crippen LogP contribution is 2.32. The summed E-state index contributed by atoms with van der Waals surface area (Å²) in [4.78, 5) is 14.9. The van der Waals surface area contributed by atoms with Crippen LogP contribution in [-0.4, -0.2) is 31.0 Å². The second-order valence-electron chi connectivity index (χ2n) is 7.53.